The van der Waals surface area contributed by atoms with Gasteiger partial charge in [0.2, 0.25) is 0 Å². The first-order chi connectivity index (χ1) is 10.0. The Balaban J connectivity index is 1.86. The molecule has 0 radical (unpaired) electrons. The molecule has 110 valence electrons. The van der Waals surface area contributed by atoms with E-state index in [2.05, 4.69) is 5.32 Å². The van der Waals surface area contributed by atoms with Gasteiger partial charge >= 0.3 is 0 Å². The van der Waals surface area contributed by atoms with Gasteiger partial charge in [-0.2, -0.15) is 0 Å². The molecule has 4 heteroatoms. The van der Waals surface area contributed by atoms with Gasteiger partial charge < -0.3 is 10.2 Å². The number of aryl methyl sites for hydroxylation is 1. The lowest BCUT2D eigenvalue weighted by molar-refractivity contribution is -0.885. The maximum absolute atomic E-state index is 12.0. The Morgan fingerprint density at radius 2 is 1.90 bits per heavy atom. The number of amides is 1. The highest BCUT2D eigenvalue weighted by atomic mass is 35.5. The molecule has 0 spiro atoms. The van der Waals surface area contributed by atoms with Crippen LogP contribution in [0.4, 0.5) is 5.69 Å². The summed E-state index contributed by atoms with van der Waals surface area (Å²) in [7, 11) is 2.00. The summed E-state index contributed by atoms with van der Waals surface area (Å²) < 4.78 is 0. The van der Waals surface area contributed by atoms with E-state index in [0.29, 0.717) is 6.54 Å². The molecule has 0 fully saturated rings. The summed E-state index contributed by atoms with van der Waals surface area (Å²) in [5, 5.41) is 3.66. The molecule has 0 saturated carbocycles. The van der Waals surface area contributed by atoms with E-state index >= 15 is 0 Å². The van der Waals surface area contributed by atoms with E-state index in [9.17, 15) is 4.79 Å². The van der Waals surface area contributed by atoms with Gasteiger partial charge in [-0.05, 0) is 36.8 Å². The van der Waals surface area contributed by atoms with Crippen molar-refractivity contribution in [2.45, 2.75) is 13.5 Å². The summed E-state index contributed by atoms with van der Waals surface area (Å²) in [5.41, 5.74) is 3.15. The Hall–Kier alpha value is -1.84. The highest BCUT2D eigenvalue weighted by molar-refractivity contribution is 6.30. The van der Waals surface area contributed by atoms with Crippen molar-refractivity contribution in [2.24, 2.45) is 0 Å². The molecule has 0 bridgehead atoms. The van der Waals surface area contributed by atoms with Crippen molar-refractivity contribution >= 4 is 23.2 Å². The smallest absolute Gasteiger partial charge is 0.279 e. The average Bonchev–Trinajstić information content (AvgIpc) is 2.41. The van der Waals surface area contributed by atoms with E-state index in [1.807, 2.05) is 62.5 Å². The van der Waals surface area contributed by atoms with E-state index in [1.54, 1.807) is 0 Å². The van der Waals surface area contributed by atoms with Crippen LogP contribution in [0.25, 0.3) is 0 Å². The zero-order valence-corrected chi connectivity index (χ0v) is 13.1. The maximum Gasteiger partial charge on any atom is 0.279 e. The van der Waals surface area contributed by atoms with Crippen LogP contribution in [0.5, 0.6) is 0 Å². The van der Waals surface area contributed by atoms with Gasteiger partial charge in [0.1, 0.15) is 6.54 Å². The number of hydrogen-bond acceptors (Lipinski definition) is 1. The molecule has 1 amide bonds. The molecule has 0 aromatic heterocycles. The van der Waals surface area contributed by atoms with Gasteiger partial charge in [0.15, 0.2) is 6.54 Å². The minimum absolute atomic E-state index is 0.0204. The summed E-state index contributed by atoms with van der Waals surface area (Å²) in [6, 6.07) is 15.5. The quantitative estimate of drug-likeness (QED) is 0.873. The van der Waals surface area contributed by atoms with E-state index in [1.165, 1.54) is 5.56 Å². The second-order valence-corrected chi connectivity index (χ2v) is 5.79. The first-order valence-electron chi connectivity index (χ1n) is 6.95. The SMILES string of the molecule is Cc1cccc(NC(=O)C[NH+](C)Cc2ccc(Cl)cc2)c1. The van der Waals surface area contributed by atoms with Gasteiger partial charge in [-0.25, -0.2) is 0 Å². The minimum atomic E-state index is 0.0204. The molecule has 0 aliphatic carbocycles. The van der Waals surface area contributed by atoms with Crippen molar-refractivity contribution in [3.05, 3.63) is 64.7 Å². The summed E-state index contributed by atoms with van der Waals surface area (Å²) >= 11 is 5.86. The van der Waals surface area contributed by atoms with Crippen molar-refractivity contribution < 1.29 is 9.69 Å². The number of quaternary nitrogens is 1. The molecule has 2 N–H and O–H groups in total. The molecule has 1 atom stereocenters. The Labute approximate surface area is 130 Å². The molecule has 0 aliphatic rings. The normalized spacial score (nSPS) is 12.0. The van der Waals surface area contributed by atoms with E-state index < -0.39 is 0 Å². The third-order valence-electron chi connectivity index (χ3n) is 3.18. The van der Waals surface area contributed by atoms with Crippen LogP contribution in [-0.4, -0.2) is 19.5 Å². The Bertz CT molecular complexity index is 610. The van der Waals surface area contributed by atoms with E-state index in [4.69, 9.17) is 11.6 Å². The van der Waals surface area contributed by atoms with Gasteiger partial charge in [0, 0.05) is 16.3 Å². The molecule has 3 nitrogen and oxygen atoms in total. The summed E-state index contributed by atoms with van der Waals surface area (Å²) in [6.45, 7) is 3.22. The van der Waals surface area contributed by atoms with Crippen LogP contribution < -0.4 is 10.2 Å². The topological polar surface area (TPSA) is 33.5 Å². The van der Waals surface area contributed by atoms with Crippen molar-refractivity contribution in [1.82, 2.24) is 0 Å². The number of rotatable bonds is 5. The van der Waals surface area contributed by atoms with Gasteiger partial charge in [-0.15, -0.1) is 0 Å². The maximum atomic E-state index is 12.0. The van der Waals surface area contributed by atoms with Crippen LogP contribution in [0, 0.1) is 6.92 Å². The highest BCUT2D eigenvalue weighted by Crippen LogP contribution is 2.09. The van der Waals surface area contributed by atoms with Gasteiger partial charge in [-0.1, -0.05) is 35.9 Å². The van der Waals surface area contributed by atoms with Crippen molar-refractivity contribution in [2.75, 3.05) is 18.9 Å². The first kappa shape index (κ1) is 15.5. The lowest BCUT2D eigenvalue weighted by Gasteiger charge is -2.14. The average molecular weight is 304 g/mol. The van der Waals surface area contributed by atoms with Gasteiger partial charge in [-0.3, -0.25) is 4.79 Å². The highest BCUT2D eigenvalue weighted by Gasteiger charge is 2.10. The van der Waals surface area contributed by atoms with Crippen LogP contribution in [0.3, 0.4) is 0 Å². The molecular weight excluding hydrogens is 284 g/mol. The number of benzene rings is 2. The third kappa shape index (κ3) is 5.21. The third-order valence-corrected chi connectivity index (χ3v) is 3.44. The summed E-state index contributed by atoms with van der Waals surface area (Å²) in [6.07, 6.45) is 0. The monoisotopic (exact) mass is 303 g/mol. The number of hydrogen-bond donors (Lipinski definition) is 2. The zero-order chi connectivity index (χ0) is 15.2. The second kappa shape index (κ2) is 7.25. The molecule has 21 heavy (non-hydrogen) atoms. The minimum Gasteiger partial charge on any atom is -0.326 e. The molecule has 0 saturated heterocycles. The molecule has 0 heterocycles. The molecule has 0 aliphatic heterocycles. The largest absolute Gasteiger partial charge is 0.326 e. The number of halogens is 1. The lowest BCUT2D eigenvalue weighted by atomic mass is 10.2. The van der Waals surface area contributed by atoms with Crippen LogP contribution >= 0.6 is 11.6 Å². The second-order valence-electron chi connectivity index (χ2n) is 5.35. The predicted octanol–water partition coefficient (Wildman–Crippen LogP) is 2.30. The Morgan fingerprint density at radius 3 is 2.57 bits per heavy atom. The number of likely N-dealkylation sites (N-methyl/N-ethyl adjacent to an activating group) is 1. The van der Waals surface area contributed by atoms with Crippen LogP contribution in [0.1, 0.15) is 11.1 Å². The number of nitrogens with one attached hydrogen (secondary N) is 2. The van der Waals surface area contributed by atoms with Gasteiger partial charge in [0.25, 0.3) is 5.91 Å². The van der Waals surface area contributed by atoms with Crippen LogP contribution in [0.2, 0.25) is 5.02 Å². The van der Waals surface area contributed by atoms with Gasteiger partial charge in [0.05, 0.1) is 7.05 Å². The van der Waals surface area contributed by atoms with Crippen molar-refractivity contribution in [3.63, 3.8) is 0 Å². The molecule has 2 aromatic rings. The zero-order valence-electron chi connectivity index (χ0n) is 12.3. The Morgan fingerprint density at radius 1 is 1.19 bits per heavy atom. The number of carbonyl (C=O) groups is 1. The Kier molecular flexibility index (Phi) is 5.37. The number of carbonyl (C=O) groups excluding carboxylic acids is 1. The fourth-order valence-corrected chi connectivity index (χ4v) is 2.34. The van der Waals surface area contributed by atoms with Crippen LogP contribution in [-0.2, 0) is 11.3 Å². The fraction of sp³-hybridized carbons (Fsp3) is 0.235. The van der Waals surface area contributed by atoms with E-state index in [-0.39, 0.29) is 5.91 Å². The number of anilines is 1. The van der Waals surface area contributed by atoms with Crippen LogP contribution in [0.15, 0.2) is 48.5 Å². The summed E-state index contributed by atoms with van der Waals surface area (Å²) in [4.78, 5) is 13.2. The molecule has 2 aromatic carbocycles. The van der Waals surface area contributed by atoms with E-state index in [0.717, 1.165) is 27.7 Å². The first-order valence-corrected chi connectivity index (χ1v) is 7.33. The van der Waals surface area contributed by atoms with Crippen molar-refractivity contribution in [1.29, 1.82) is 0 Å². The molecular formula is C17H20ClN2O+. The lowest BCUT2D eigenvalue weighted by Crippen LogP contribution is -3.08. The molecule has 1 unspecified atom stereocenters. The predicted molar refractivity (Wildman–Crippen MR) is 86.7 cm³/mol. The summed E-state index contributed by atoms with van der Waals surface area (Å²) in [5.74, 6) is 0.0204. The van der Waals surface area contributed by atoms with Crippen molar-refractivity contribution in [3.8, 4) is 0 Å². The standard InChI is InChI=1S/C17H19ClN2O/c1-13-4-3-5-16(10-13)19-17(21)12-20(2)11-14-6-8-15(18)9-7-14/h3-10H,11-12H2,1-2H3,(H,19,21)/p+1. The molecule has 2 rings (SSSR count). The fourth-order valence-electron chi connectivity index (χ4n) is 2.22.